The van der Waals surface area contributed by atoms with E-state index in [4.69, 9.17) is 0 Å². The summed E-state index contributed by atoms with van der Waals surface area (Å²) in [6, 6.07) is 19.4. The van der Waals surface area contributed by atoms with E-state index in [-0.39, 0.29) is 5.91 Å². The van der Waals surface area contributed by atoms with Crippen LogP contribution in [0.25, 0.3) is 0 Å². The quantitative estimate of drug-likeness (QED) is 0.766. The number of piperazine rings is 1. The van der Waals surface area contributed by atoms with Gasteiger partial charge in [-0.05, 0) is 31.5 Å². The molecule has 1 fully saturated rings. The van der Waals surface area contributed by atoms with Gasteiger partial charge >= 0.3 is 0 Å². The van der Waals surface area contributed by atoms with E-state index in [9.17, 15) is 4.79 Å². The Hall–Kier alpha value is -2.17. The molecule has 1 N–H and O–H groups in total. The molecule has 144 valence electrons. The second-order valence-corrected chi connectivity index (χ2v) is 7.59. The van der Waals surface area contributed by atoms with Crippen molar-refractivity contribution in [1.82, 2.24) is 15.1 Å². The number of aryl methyl sites for hydroxylation is 1. The lowest BCUT2D eigenvalue weighted by Crippen LogP contribution is -2.47. The van der Waals surface area contributed by atoms with Crippen molar-refractivity contribution in [3.63, 3.8) is 0 Å². The number of amides is 1. The standard InChI is InChI=1S/C23H31N3O/c1-19-9-11-20(12-10-19)17-23(27)24-13-6-14-26-16-15-25(2)18-22(26)21-7-4-3-5-8-21/h3-5,7-12,22H,6,13-18H2,1-2H3,(H,24,27)/t22-/m1/s1. The third-order valence-electron chi connectivity index (χ3n) is 5.31. The highest BCUT2D eigenvalue weighted by Crippen LogP contribution is 2.24. The molecule has 0 spiro atoms. The minimum atomic E-state index is 0.108. The average Bonchev–Trinajstić information content (AvgIpc) is 2.68. The molecule has 0 aliphatic carbocycles. The molecule has 1 atom stereocenters. The minimum absolute atomic E-state index is 0.108. The average molecular weight is 366 g/mol. The Morgan fingerprint density at radius 2 is 1.81 bits per heavy atom. The van der Waals surface area contributed by atoms with Crippen molar-refractivity contribution in [2.24, 2.45) is 0 Å². The van der Waals surface area contributed by atoms with Gasteiger partial charge in [0.15, 0.2) is 0 Å². The van der Waals surface area contributed by atoms with Gasteiger partial charge in [0.2, 0.25) is 5.91 Å². The van der Waals surface area contributed by atoms with E-state index in [1.807, 2.05) is 12.1 Å². The lowest BCUT2D eigenvalue weighted by Gasteiger charge is -2.40. The van der Waals surface area contributed by atoms with Crippen molar-refractivity contribution in [2.45, 2.75) is 25.8 Å². The minimum Gasteiger partial charge on any atom is -0.356 e. The third-order valence-corrected chi connectivity index (χ3v) is 5.31. The molecule has 4 nitrogen and oxygen atoms in total. The van der Waals surface area contributed by atoms with Crippen LogP contribution in [-0.2, 0) is 11.2 Å². The molecule has 0 bridgehead atoms. The summed E-state index contributed by atoms with van der Waals surface area (Å²) in [4.78, 5) is 17.1. The van der Waals surface area contributed by atoms with Gasteiger partial charge in [-0.1, -0.05) is 60.2 Å². The maximum atomic E-state index is 12.1. The first kappa shape index (κ1) is 19.6. The fourth-order valence-electron chi connectivity index (χ4n) is 3.68. The summed E-state index contributed by atoms with van der Waals surface area (Å²) in [6.45, 7) is 7.04. The summed E-state index contributed by atoms with van der Waals surface area (Å²) in [7, 11) is 2.19. The van der Waals surface area contributed by atoms with Crippen LogP contribution in [0.5, 0.6) is 0 Å². The zero-order chi connectivity index (χ0) is 19.1. The van der Waals surface area contributed by atoms with Gasteiger partial charge in [-0.15, -0.1) is 0 Å². The fourth-order valence-corrected chi connectivity index (χ4v) is 3.68. The summed E-state index contributed by atoms with van der Waals surface area (Å²) >= 11 is 0. The topological polar surface area (TPSA) is 35.6 Å². The first-order valence-corrected chi connectivity index (χ1v) is 9.91. The van der Waals surface area contributed by atoms with Gasteiger partial charge in [-0.2, -0.15) is 0 Å². The Balaban J connectivity index is 1.44. The summed E-state index contributed by atoms with van der Waals surface area (Å²) in [6.07, 6.45) is 1.44. The number of benzene rings is 2. The van der Waals surface area contributed by atoms with E-state index >= 15 is 0 Å². The number of hydrogen-bond acceptors (Lipinski definition) is 3. The van der Waals surface area contributed by atoms with Crippen molar-refractivity contribution in [1.29, 1.82) is 0 Å². The van der Waals surface area contributed by atoms with Crippen LogP contribution in [-0.4, -0.2) is 55.5 Å². The van der Waals surface area contributed by atoms with Crippen LogP contribution in [0.2, 0.25) is 0 Å². The van der Waals surface area contributed by atoms with Gasteiger partial charge in [0.1, 0.15) is 0 Å². The van der Waals surface area contributed by atoms with Crippen molar-refractivity contribution < 1.29 is 4.79 Å². The van der Waals surface area contributed by atoms with Crippen LogP contribution in [0.3, 0.4) is 0 Å². The van der Waals surface area contributed by atoms with E-state index < -0.39 is 0 Å². The van der Waals surface area contributed by atoms with Gasteiger partial charge in [0, 0.05) is 38.8 Å². The molecule has 1 aliphatic rings. The van der Waals surface area contributed by atoms with Crippen molar-refractivity contribution in [3.05, 3.63) is 71.3 Å². The zero-order valence-electron chi connectivity index (χ0n) is 16.5. The number of hydrogen-bond donors (Lipinski definition) is 1. The van der Waals surface area contributed by atoms with E-state index in [1.165, 1.54) is 11.1 Å². The SMILES string of the molecule is Cc1ccc(CC(=O)NCCCN2CCN(C)C[C@@H]2c2ccccc2)cc1. The zero-order valence-corrected chi connectivity index (χ0v) is 16.5. The molecule has 2 aromatic rings. The fraction of sp³-hybridized carbons (Fsp3) is 0.435. The number of nitrogens with one attached hydrogen (secondary N) is 1. The van der Waals surface area contributed by atoms with E-state index in [0.29, 0.717) is 12.5 Å². The summed E-state index contributed by atoms with van der Waals surface area (Å²) in [5.41, 5.74) is 3.67. The molecule has 4 heteroatoms. The van der Waals surface area contributed by atoms with Gasteiger partial charge in [0.25, 0.3) is 0 Å². The third kappa shape index (κ3) is 5.91. The van der Waals surface area contributed by atoms with Crippen LogP contribution in [0, 0.1) is 6.92 Å². The summed E-state index contributed by atoms with van der Waals surface area (Å²) in [5.74, 6) is 0.108. The smallest absolute Gasteiger partial charge is 0.224 e. The number of likely N-dealkylation sites (N-methyl/N-ethyl adjacent to an activating group) is 1. The van der Waals surface area contributed by atoms with Crippen LogP contribution in [0.4, 0.5) is 0 Å². The van der Waals surface area contributed by atoms with Gasteiger partial charge in [-0.3, -0.25) is 9.69 Å². The highest BCUT2D eigenvalue weighted by Gasteiger charge is 2.25. The molecule has 1 amide bonds. The van der Waals surface area contributed by atoms with Gasteiger partial charge < -0.3 is 10.2 Å². The Morgan fingerprint density at radius 1 is 1.07 bits per heavy atom. The number of carbonyl (C=O) groups excluding carboxylic acids is 1. The Kier molecular flexibility index (Phi) is 7.02. The molecule has 0 aromatic heterocycles. The van der Waals surface area contributed by atoms with Crippen LogP contribution in [0.15, 0.2) is 54.6 Å². The highest BCUT2D eigenvalue weighted by atomic mass is 16.1. The monoisotopic (exact) mass is 365 g/mol. The predicted octanol–water partition coefficient (Wildman–Crippen LogP) is 3.03. The molecular formula is C23H31N3O. The Bertz CT molecular complexity index is 714. The molecule has 27 heavy (non-hydrogen) atoms. The molecule has 1 heterocycles. The van der Waals surface area contributed by atoms with Crippen LogP contribution in [0.1, 0.15) is 29.2 Å². The summed E-state index contributed by atoms with van der Waals surface area (Å²) in [5, 5.41) is 3.07. The number of carbonyl (C=O) groups is 1. The first-order valence-electron chi connectivity index (χ1n) is 9.91. The molecule has 2 aromatic carbocycles. The van der Waals surface area contributed by atoms with Gasteiger partial charge in [0.05, 0.1) is 6.42 Å². The molecule has 1 saturated heterocycles. The second-order valence-electron chi connectivity index (χ2n) is 7.59. The largest absolute Gasteiger partial charge is 0.356 e. The molecule has 3 rings (SSSR count). The lowest BCUT2D eigenvalue weighted by atomic mass is 10.0. The molecule has 1 aliphatic heterocycles. The molecular weight excluding hydrogens is 334 g/mol. The van der Waals surface area contributed by atoms with Crippen LogP contribution >= 0.6 is 0 Å². The van der Waals surface area contributed by atoms with E-state index in [1.54, 1.807) is 0 Å². The lowest BCUT2D eigenvalue weighted by molar-refractivity contribution is -0.120. The van der Waals surface area contributed by atoms with Crippen molar-refractivity contribution >= 4 is 5.91 Å². The molecule has 0 saturated carbocycles. The number of nitrogens with zero attached hydrogens (tertiary/aromatic N) is 2. The molecule has 0 radical (unpaired) electrons. The summed E-state index contributed by atoms with van der Waals surface area (Å²) < 4.78 is 0. The second kappa shape index (κ2) is 9.67. The van der Waals surface area contributed by atoms with Crippen molar-refractivity contribution in [3.8, 4) is 0 Å². The first-order chi connectivity index (χ1) is 13.1. The van der Waals surface area contributed by atoms with E-state index in [0.717, 1.165) is 44.7 Å². The van der Waals surface area contributed by atoms with Crippen LogP contribution < -0.4 is 5.32 Å². The van der Waals surface area contributed by atoms with E-state index in [2.05, 4.69) is 71.6 Å². The Morgan fingerprint density at radius 3 is 2.56 bits per heavy atom. The Labute approximate surface area is 163 Å². The normalized spacial score (nSPS) is 18.4. The highest BCUT2D eigenvalue weighted by molar-refractivity contribution is 5.78. The number of rotatable bonds is 7. The van der Waals surface area contributed by atoms with Crippen molar-refractivity contribution in [2.75, 3.05) is 39.8 Å². The predicted molar refractivity (Wildman–Crippen MR) is 111 cm³/mol. The van der Waals surface area contributed by atoms with Gasteiger partial charge in [-0.25, -0.2) is 0 Å². The maximum absolute atomic E-state index is 12.1. The molecule has 0 unspecified atom stereocenters. The maximum Gasteiger partial charge on any atom is 0.224 e.